The second kappa shape index (κ2) is 12.9. The van der Waals surface area contributed by atoms with Gasteiger partial charge >= 0.3 is 12.1 Å². The first-order valence-electron chi connectivity index (χ1n) is 10.7. The van der Waals surface area contributed by atoms with Crippen LogP contribution in [-0.4, -0.2) is 42.1 Å². The average molecular weight is 475 g/mol. The van der Waals surface area contributed by atoms with E-state index in [0.717, 1.165) is 0 Å². The van der Waals surface area contributed by atoms with Gasteiger partial charge in [0, 0.05) is 36.2 Å². The van der Waals surface area contributed by atoms with Crippen molar-refractivity contribution in [3.63, 3.8) is 0 Å². The molecule has 2 aromatic carbocycles. The number of non-ortho nitro benzene ring substituents is 1. The Morgan fingerprint density at radius 1 is 1.06 bits per heavy atom. The first-order chi connectivity index (χ1) is 16.2. The zero-order valence-corrected chi connectivity index (χ0v) is 18.8. The molecule has 0 spiro atoms. The zero-order chi connectivity index (χ0) is 25.1. The Morgan fingerprint density at radius 2 is 1.74 bits per heavy atom. The van der Waals surface area contributed by atoms with E-state index in [2.05, 4.69) is 10.6 Å². The Labute approximate surface area is 195 Å². The summed E-state index contributed by atoms with van der Waals surface area (Å²) < 4.78 is 24.2. The molecule has 0 aliphatic carbocycles. The summed E-state index contributed by atoms with van der Waals surface area (Å²) >= 11 is 0. The van der Waals surface area contributed by atoms with Crippen molar-refractivity contribution in [2.75, 3.05) is 18.5 Å². The maximum absolute atomic E-state index is 14.5. The maximum Gasteiger partial charge on any atom is 0.407 e. The Kier molecular flexibility index (Phi) is 9.93. The monoisotopic (exact) mass is 475 g/mol. The van der Waals surface area contributed by atoms with Crippen LogP contribution < -0.4 is 10.6 Å². The molecule has 1 atom stereocenters. The van der Waals surface area contributed by atoms with Gasteiger partial charge in [-0.15, -0.1) is 0 Å². The number of anilines is 1. The average Bonchev–Trinajstić information content (AvgIpc) is 2.79. The van der Waals surface area contributed by atoms with E-state index in [0.29, 0.717) is 5.56 Å². The van der Waals surface area contributed by atoms with Gasteiger partial charge in [0.05, 0.1) is 18.1 Å². The number of nitrogens with one attached hydrogen (secondary N) is 2. The van der Waals surface area contributed by atoms with Crippen LogP contribution >= 0.6 is 0 Å². The van der Waals surface area contributed by atoms with E-state index in [4.69, 9.17) is 9.47 Å². The number of carbonyl (C=O) groups is 3. The van der Waals surface area contributed by atoms with Crippen molar-refractivity contribution < 1.29 is 33.2 Å². The number of hydrogen-bond acceptors (Lipinski definition) is 7. The highest BCUT2D eigenvalue weighted by Crippen LogP contribution is 2.22. The first-order valence-corrected chi connectivity index (χ1v) is 10.7. The Bertz CT molecular complexity index is 1030. The van der Waals surface area contributed by atoms with E-state index in [1.165, 1.54) is 42.5 Å². The first kappa shape index (κ1) is 26.2. The Hall–Kier alpha value is -4.02. The molecule has 11 heteroatoms. The molecule has 2 N–H and O–H groups in total. The van der Waals surface area contributed by atoms with Crippen LogP contribution in [0.15, 0.2) is 42.5 Å². The number of hydrogen-bond donors (Lipinski definition) is 2. The second-order valence-electron chi connectivity index (χ2n) is 7.11. The quantitative estimate of drug-likeness (QED) is 0.288. The Balaban J connectivity index is 2.22. The molecule has 0 aliphatic rings. The fraction of sp³-hybridized carbons (Fsp3) is 0.348. The number of benzene rings is 2. The number of alkyl carbamates (subject to hydrolysis) is 1. The molecule has 2 aromatic rings. The third-order valence-corrected chi connectivity index (χ3v) is 4.73. The van der Waals surface area contributed by atoms with Crippen LogP contribution in [0.4, 0.5) is 20.6 Å². The highest BCUT2D eigenvalue weighted by atomic mass is 19.1. The van der Waals surface area contributed by atoms with Gasteiger partial charge in [0.2, 0.25) is 5.91 Å². The van der Waals surface area contributed by atoms with Crippen LogP contribution in [0, 0.1) is 15.9 Å². The van der Waals surface area contributed by atoms with E-state index in [9.17, 15) is 28.9 Å². The molecule has 34 heavy (non-hydrogen) atoms. The van der Waals surface area contributed by atoms with E-state index in [1.807, 2.05) is 0 Å². The van der Waals surface area contributed by atoms with Gasteiger partial charge in [0.25, 0.3) is 5.69 Å². The van der Waals surface area contributed by atoms with Gasteiger partial charge in [0.1, 0.15) is 11.9 Å². The van der Waals surface area contributed by atoms with Gasteiger partial charge in [0.15, 0.2) is 0 Å². The standard InChI is InChI=1S/C23H26FN3O7/c1-3-33-21(28)13-12-17-18(24)6-5-7-19(17)25-22(29)20(26-23(30)34-4-2)14-15-8-10-16(11-9-15)27(31)32/h5-11,20H,3-4,12-14H2,1-2H3,(H,25,29)(H,26,30)/t20-/m0/s1. The number of amides is 2. The normalized spacial score (nSPS) is 11.3. The van der Waals surface area contributed by atoms with Crippen LogP contribution in [-0.2, 0) is 31.9 Å². The number of carbonyl (C=O) groups excluding carboxylic acids is 3. The molecule has 0 radical (unpaired) electrons. The van der Waals surface area contributed by atoms with Crippen molar-refractivity contribution in [3.05, 3.63) is 69.5 Å². The number of nitro groups is 1. The minimum atomic E-state index is -1.12. The summed E-state index contributed by atoms with van der Waals surface area (Å²) in [6.45, 7) is 3.55. The molecule has 0 saturated carbocycles. The minimum absolute atomic E-state index is 0.000551. The largest absolute Gasteiger partial charge is 0.466 e. The lowest BCUT2D eigenvalue weighted by molar-refractivity contribution is -0.384. The van der Waals surface area contributed by atoms with Crippen LogP contribution in [0.3, 0.4) is 0 Å². The minimum Gasteiger partial charge on any atom is -0.466 e. The van der Waals surface area contributed by atoms with E-state index in [1.54, 1.807) is 13.8 Å². The van der Waals surface area contributed by atoms with Crippen LogP contribution in [0.1, 0.15) is 31.4 Å². The number of esters is 1. The van der Waals surface area contributed by atoms with Gasteiger partial charge in [-0.25, -0.2) is 9.18 Å². The summed E-state index contributed by atoms with van der Waals surface area (Å²) in [6, 6.07) is 8.49. The highest BCUT2D eigenvalue weighted by molar-refractivity contribution is 5.97. The van der Waals surface area contributed by atoms with Crippen LogP contribution in [0.25, 0.3) is 0 Å². The SMILES string of the molecule is CCOC(=O)CCc1c(F)cccc1NC(=O)[C@H](Cc1ccc([N+](=O)[O-])cc1)NC(=O)OCC. The lowest BCUT2D eigenvalue weighted by atomic mass is 10.0. The molecule has 182 valence electrons. The van der Waals surface area contributed by atoms with Crippen molar-refractivity contribution in [3.8, 4) is 0 Å². The predicted octanol–water partition coefficient (Wildman–Crippen LogP) is 3.53. The van der Waals surface area contributed by atoms with Crippen LogP contribution in [0.5, 0.6) is 0 Å². The van der Waals surface area contributed by atoms with E-state index >= 15 is 0 Å². The molecule has 0 heterocycles. The lowest BCUT2D eigenvalue weighted by Gasteiger charge is -2.20. The second-order valence-corrected chi connectivity index (χ2v) is 7.11. The number of rotatable bonds is 11. The van der Waals surface area contributed by atoms with Gasteiger partial charge in [-0.05, 0) is 38.0 Å². The fourth-order valence-corrected chi connectivity index (χ4v) is 3.12. The van der Waals surface area contributed by atoms with Gasteiger partial charge < -0.3 is 20.1 Å². The number of nitrogens with zero attached hydrogens (tertiary/aromatic N) is 1. The third-order valence-electron chi connectivity index (χ3n) is 4.73. The highest BCUT2D eigenvalue weighted by Gasteiger charge is 2.24. The summed E-state index contributed by atoms with van der Waals surface area (Å²) in [4.78, 5) is 47.0. The summed E-state index contributed by atoms with van der Waals surface area (Å²) in [5.74, 6) is -1.76. The van der Waals surface area contributed by atoms with Gasteiger partial charge in [-0.1, -0.05) is 18.2 Å². The molecular formula is C23H26FN3O7. The van der Waals surface area contributed by atoms with Crippen LogP contribution in [0.2, 0.25) is 0 Å². The predicted molar refractivity (Wildman–Crippen MR) is 121 cm³/mol. The third kappa shape index (κ3) is 7.84. The Morgan fingerprint density at radius 3 is 2.35 bits per heavy atom. The van der Waals surface area contributed by atoms with E-state index in [-0.39, 0.29) is 49.4 Å². The molecule has 2 amide bonds. The molecule has 0 fully saturated rings. The molecule has 0 aliphatic heterocycles. The summed E-state index contributed by atoms with van der Waals surface area (Å²) in [5.41, 5.74) is 0.696. The molecule has 0 bridgehead atoms. The van der Waals surface area contributed by atoms with E-state index < -0.39 is 34.8 Å². The van der Waals surface area contributed by atoms with Gasteiger partial charge in [-0.3, -0.25) is 19.7 Å². The molecule has 0 aromatic heterocycles. The van der Waals surface area contributed by atoms with Crippen molar-refractivity contribution in [2.24, 2.45) is 0 Å². The number of halogens is 1. The van der Waals surface area contributed by atoms with Crippen molar-refractivity contribution in [2.45, 2.75) is 39.2 Å². The van der Waals surface area contributed by atoms with Crippen molar-refractivity contribution >= 4 is 29.3 Å². The summed E-state index contributed by atoms with van der Waals surface area (Å²) in [5, 5.41) is 15.9. The number of nitro benzene ring substituents is 1. The number of ether oxygens (including phenoxy) is 2. The molecular weight excluding hydrogens is 449 g/mol. The van der Waals surface area contributed by atoms with Crippen molar-refractivity contribution in [1.82, 2.24) is 5.32 Å². The zero-order valence-electron chi connectivity index (χ0n) is 18.8. The topological polar surface area (TPSA) is 137 Å². The van der Waals surface area contributed by atoms with Crippen molar-refractivity contribution in [1.29, 1.82) is 0 Å². The molecule has 2 rings (SSSR count). The maximum atomic E-state index is 14.5. The molecule has 10 nitrogen and oxygen atoms in total. The fourth-order valence-electron chi connectivity index (χ4n) is 3.12. The smallest absolute Gasteiger partial charge is 0.407 e. The summed E-state index contributed by atoms with van der Waals surface area (Å²) in [7, 11) is 0. The molecule has 0 saturated heterocycles. The summed E-state index contributed by atoms with van der Waals surface area (Å²) in [6.07, 6.45) is -0.910. The van der Waals surface area contributed by atoms with Gasteiger partial charge in [-0.2, -0.15) is 0 Å². The lowest BCUT2D eigenvalue weighted by Crippen LogP contribution is -2.45. The molecule has 0 unspecified atom stereocenters.